The molecule has 1 aliphatic rings. The van der Waals surface area contributed by atoms with E-state index in [0.717, 1.165) is 0 Å². The number of likely N-dealkylation sites (tertiary alicyclic amines) is 1. The zero-order valence-corrected chi connectivity index (χ0v) is 12.4. The molecule has 0 bridgehead atoms. The third-order valence-electron chi connectivity index (χ3n) is 3.06. The molecular formula is C14H25NO3. The summed E-state index contributed by atoms with van der Waals surface area (Å²) in [4.78, 5) is 25.5. The maximum atomic E-state index is 12.2. The van der Waals surface area contributed by atoms with Crippen LogP contribution in [0.1, 0.15) is 54.4 Å². The smallest absolute Gasteiger partial charge is 0.410 e. The first-order valence-electron chi connectivity index (χ1n) is 6.52. The quantitative estimate of drug-likeness (QED) is 0.668. The number of amides is 1. The highest BCUT2D eigenvalue weighted by Crippen LogP contribution is 2.31. The van der Waals surface area contributed by atoms with Crippen LogP contribution >= 0.6 is 0 Å². The van der Waals surface area contributed by atoms with Crippen molar-refractivity contribution in [2.24, 2.45) is 5.41 Å². The van der Waals surface area contributed by atoms with Crippen LogP contribution in [0.15, 0.2) is 0 Å². The summed E-state index contributed by atoms with van der Waals surface area (Å²) >= 11 is 0. The molecule has 104 valence electrons. The molecule has 18 heavy (non-hydrogen) atoms. The molecule has 0 aromatic carbocycles. The van der Waals surface area contributed by atoms with E-state index in [1.54, 1.807) is 4.90 Å². The van der Waals surface area contributed by atoms with E-state index in [0.29, 0.717) is 19.4 Å². The molecule has 0 aliphatic carbocycles. The molecule has 1 atom stereocenters. The molecule has 0 aromatic rings. The van der Waals surface area contributed by atoms with Crippen LogP contribution in [0.3, 0.4) is 0 Å². The van der Waals surface area contributed by atoms with Crippen molar-refractivity contribution in [1.29, 1.82) is 0 Å². The number of nitrogens with zero attached hydrogens (tertiary/aromatic N) is 1. The van der Waals surface area contributed by atoms with Crippen LogP contribution < -0.4 is 0 Å². The minimum absolute atomic E-state index is 0.0754. The van der Waals surface area contributed by atoms with Crippen LogP contribution in [0.4, 0.5) is 4.79 Å². The van der Waals surface area contributed by atoms with Gasteiger partial charge >= 0.3 is 6.09 Å². The highest BCUT2D eigenvalue weighted by Gasteiger charge is 2.39. The Morgan fingerprint density at radius 1 is 1.22 bits per heavy atom. The van der Waals surface area contributed by atoms with E-state index in [4.69, 9.17) is 4.74 Å². The largest absolute Gasteiger partial charge is 0.444 e. The van der Waals surface area contributed by atoms with Gasteiger partial charge in [-0.1, -0.05) is 20.8 Å². The Hall–Kier alpha value is -1.06. The maximum Gasteiger partial charge on any atom is 0.410 e. The lowest BCUT2D eigenvalue weighted by molar-refractivity contribution is -0.124. The predicted molar refractivity (Wildman–Crippen MR) is 70.4 cm³/mol. The summed E-state index contributed by atoms with van der Waals surface area (Å²) in [5.74, 6) is 0.231. The van der Waals surface area contributed by atoms with Gasteiger partial charge in [-0.15, -0.1) is 0 Å². The van der Waals surface area contributed by atoms with E-state index >= 15 is 0 Å². The number of Topliss-reactive ketones (excluding diaryl/α,β-unsaturated/α-hetero) is 1. The van der Waals surface area contributed by atoms with Gasteiger partial charge in [0, 0.05) is 25.4 Å². The third kappa shape index (κ3) is 4.00. The van der Waals surface area contributed by atoms with Gasteiger partial charge in [0.15, 0.2) is 0 Å². The van der Waals surface area contributed by atoms with Crippen LogP contribution in [-0.4, -0.2) is 35.0 Å². The molecule has 0 saturated carbocycles. The van der Waals surface area contributed by atoms with Gasteiger partial charge in [-0.25, -0.2) is 4.79 Å². The second-order valence-corrected chi connectivity index (χ2v) is 7.05. The molecule has 0 N–H and O–H groups in total. The highest BCUT2D eigenvalue weighted by atomic mass is 16.6. The van der Waals surface area contributed by atoms with Crippen molar-refractivity contribution in [3.05, 3.63) is 0 Å². The average Bonchev–Trinajstić information content (AvgIpc) is 2.13. The zero-order valence-electron chi connectivity index (χ0n) is 12.4. The van der Waals surface area contributed by atoms with E-state index in [1.807, 2.05) is 41.5 Å². The van der Waals surface area contributed by atoms with E-state index in [2.05, 4.69) is 0 Å². The Morgan fingerprint density at radius 3 is 2.22 bits per heavy atom. The van der Waals surface area contributed by atoms with Gasteiger partial charge in [0.1, 0.15) is 11.4 Å². The molecule has 1 heterocycles. The molecule has 1 aliphatic heterocycles. The van der Waals surface area contributed by atoms with E-state index < -0.39 is 5.60 Å². The number of carbonyl (C=O) groups is 2. The number of hydrogen-bond acceptors (Lipinski definition) is 3. The van der Waals surface area contributed by atoms with Gasteiger partial charge in [-0.05, 0) is 26.2 Å². The SMILES string of the molecule is CC(C)(C)OC(=O)N1CCC(=O)C[C@H]1C(C)(C)C. The van der Waals surface area contributed by atoms with Crippen LogP contribution in [0.2, 0.25) is 0 Å². The predicted octanol–water partition coefficient (Wildman–Crippen LogP) is 3.00. The van der Waals surface area contributed by atoms with Gasteiger partial charge in [-0.3, -0.25) is 4.79 Å². The molecule has 1 fully saturated rings. The van der Waals surface area contributed by atoms with Crippen molar-refractivity contribution in [1.82, 2.24) is 4.90 Å². The Labute approximate surface area is 110 Å². The lowest BCUT2D eigenvalue weighted by Gasteiger charge is -2.42. The molecule has 4 heteroatoms. The van der Waals surface area contributed by atoms with Crippen molar-refractivity contribution in [3.8, 4) is 0 Å². The van der Waals surface area contributed by atoms with E-state index in [9.17, 15) is 9.59 Å². The minimum Gasteiger partial charge on any atom is -0.444 e. The highest BCUT2D eigenvalue weighted by molar-refractivity contribution is 5.82. The second-order valence-electron chi connectivity index (χ2n) is 7.05. The second kappa shape index (κ2) is 4.90. The molecular weight excluding hydrogens is 230 g/mol. The fourth-order valence-electron chi connectivity index (χ4n) is 2.14. The van der Waals surface area contributed by atoms with Gasteiger partial charge < -0.3 is 9.64 Å². The number of hydrogen-bond donors (Lipinski definition) is 0. The Morgan fingerprint density at radius 2 is 1.78 bits per heavy atom. The molecule has 1 saturated heterocycles. The summed E-state index contributed by atoms with van der Waals surface area (Å²) in [5.41, 5.74) is -0.617. The van der Waals surface area contributed by atoms with Crippen LogP contribution in [0, 0.1) is 5.41 Å². The molecule has 0 aromatic heterocycles. The van der Waals surface area contributed by atoms with Crippen LogP contribution in [-0.2, 0) is 9.53 Å². The number of ether oxygens (including phenoxy) is 1. The fourth-order valence-corrected chi connectivity index (χ4v) is 2.14. The summed E-state index contributed by atoms with van der Waals surface area (Å²) in [6.45, 7) is 12.2. The van der Waals surface area contributed by atoms with Gasteiger partial charge in [0.2, 0.25) is 0 Å². The van der Waals surface area contributed by atoms with Gasteiger partial charge in [0.05, 0.1) is 0 Å². The number of ketones is 1. The van der Waals surface area contributed by atoms with Crippen molar-refractivity contribution < 1.29 is 14.3 Å². The monoisotopic (exact) mass is 255 g/mol. The molecule has 4 nitrogen and oxygen atoms in total. The maximum absolute atomic E-state index is 12.2. The topological polar surface area (TPSA) is 46.6 Å². The Balaban J connectivity index is 2.84. The third-order valence-corrected chi connectivity index (χ3v) is 3.06. The molecule has 0 radical (unpaired) electrons. The van der Waals surface area contributed by atoms with E-state index in [-0.39, 0.29) is 23.3 Å². The van der Waals surface area contributed by atoms with E-state index in [1.165, 1.54) is 0 Å². The molecule has 1 amide bonds. The number of carbonyl (C=O) groups excluding carboxylic acids is 2. The van der Waals surface area contributed by atoms with Crippen molar-refractivity contribution in [3.63, 3.8) is 0 Å². The fraction of sp³-hybridized carbons (Fsp3) is 0.857. The van der Waals surface area contributed by atoms with Crippen molar-refractivity contribution in [2.75, 3.05) is 6.54 Å². The number of rotatable bonds is 0. The summed E-state index contributed by atoms with van der Waals surface area (Å²) in [5, 5.41) is 0. The van der Waals surface area contributed by atoms with Gasteiger partial charge in [0.25, 0.3) is 0 Å². The van der Waals surface area contributed by atoms with Crippen molar-refractivity contribution in [2.45, 2.75) is 66.0 Å². The first-order valence-corrected chi connectivity index (χ1v) is 6.52. The standard InChI is InChI=1S/C14H25NO3/c1-13(2,3)11-9-10(16)7-8-15(11)12(17)18-14(4,5)6/h11H,7-9H2,1-6H3/t11-/m0/s1. The first kappa shape index (κ1) is 15.0. The summed E-state index contributed by atoms with van der Waals surface area (Å²) < 4.78 is 5.41. The number of piperidine rings is 1. The molecule has 0 unspecified atom stereocenters. The summed E-state index contributed by atoms with van der Waals surface area (Å²) in [6.07, 6.45) is 0.559. The lowest BCUT2D eigenvalue weighted by atomic mass is 9.80. The van der Waals surface area contributed by atoms with Crippen LogP contribution in [0.25, 0.3) is 0 Å². The average molecular weight is 255 g/mol. The minimum atomic E-state index is -0.499. The zero-order chi connectivity index (χ0) is 14.1. The molecule has 0 spiro atoms. The normalized spacial score (nSPS) is 22.0. The lowest BCUT2D eigenvalue weighted by Crippen LogP contribution is -2.53. The first-order chi connectivity index (χ1) is 8.00. The van der Waals surface area contributed by atoms with Crippen molar-refractivity contribution >= 4 is 11.9 Å². The Kier molecular flexibility index (Phi) is 4.08. The summed E-state index contributed by atoms with van der Waals surface area (Å²) in [6, 6.07) is -0.0754. The van der Waals surface area contributed by atoms with Gasteiger partial charge in [-0.2, -0.15) is 0 Å². The summed E-state index contributed by atoms with van der Waals surface area (Å²) in [7, 11) is 0. The Bertz CT molecular complexity index is 336. The molecule has 1 rings (SSSR count). The van der Waals surface area contributed by atoms with Crippen LogP contribution in [0.5, 0.6) is 0 Å².